The van der Waals surface area contributed by atoms with Crippen LogP contribution < -0.4 is 10.6 Å². The molecule has 2 aromatic rings. The number of nitrogens with zero attached hydrogens (tertiary/aromatic N) is 2. The summed E-state index contributed by atoms with van der Waals surface area (Å²) >= 11 is 1.48. The molecule has 2 heterocycles. The number of halogens is 3. The number of rotatable bonds is 8. The first-order chi connectivity index (χ1) is 17.6. The van der Waals surface area contributed by atoms with Crippen LogP contribution >= 0.6 is 11.3 Å². The van der Waals surface area contributed by atoms with Gasteiger partial charge in [0.25, 0.3) is 5.91 Å². The number of aliphatic hydroxyl groups is 1. The summed E-state index contributed by atoms with van der Waals surface area (Å²) in [5.74, 6) is -1.00. The molecule has 202 valence electrons. The first-order valence-corrected chi connectivity index (χ1v) is 13.1. The third-order valence-corrected chi connectivity index (χ3v) is 7.80. The Morgan fingerprint density at radius 1 is 1.24 bits per heavy atom. The van der Waals surface area contributed by atoms with Crippen molar-refractivity contribution >= 4 is 23.2 Å². The summed E-state index contributed by atoms with van der Waals surface area (Å²) in [6.07, 6.45) is -1.03. The van der Waals surface area contributed by atoms with Crippen molar-refractivity contribution in [3.05, 3.63) is 51.5 Å². The predicted molar refractivity (Wildman–Crippen MR) is 131 cm³/mol. The number of alkyl halides is 3. The van der Waals surface area contributed by atoms with E-state index < -0.39 is 23.2 Å². The van der Waals surface area contributed by atoms with E-state index in [9.17, 15) is 27.9 Å². The Morgan fingerprint density at radius 3 is 2.70 bits per heavy atom. The van der Waals surface area contributed by atoms with E-state index in [4.69, 9.17) is 4.74 Å². The highest BCUT2D eigenvalue weighted by Crippen LogP contribution is 2.38. The number of hydrogen-bond acceptors (Lipinski definition) is 7. The molecule has 1 aromatic heterocycles. The van der Waals surface area contributed by atoms with Crippen LogP contribution in [0.4, 0.5) is 13.2 Å². The van der Waals surface area contributed by atoms with E-state index in [0.29, 0.717) is 38.2 Å². The second-order valence-electron chi connectivity index (χ2n) is 9.62. The standard InChI is InChI=1S/C25H31F3N4O4S/c1-36-14-21-31-20(15-37-21)24(35)8-5-18(6-9-24)30-19-7-10-32(13-19)22(33)12-29-23(34)16-3-2-4-17(11-16)25(26,27)28/h2-4,11,15,18-19,30,35H,5-10,12-14H2,1H3,(H,29,34)/t18?,19-,24?/m0/s1. The van der Waals surface area contributed by atoms with Crippen LogP contribution in [0, 0.1) is 0 Å². The van der Waals surface area contributed by atoms with Crippen molar-refractivity contribution in [2.24, 2.45) is 0 Å². The van der Waals surface area contributed by atoms with Gasteiger partial charge in [-0.05, 0) is 50.3 Å². The molecular weight excluding hydrogens is 509 g/mol. The van der Waals surface area contributed by atoms with Crippen molar-refractivity contribution < 1.29 is 32.6 Å². The molecule has 1 aliphatic heterocycles. The van der Waals surface area contributed by atoms with Gasteiger partial charge in [0.05, 0.1) is 24.4 Å². The Bertz CT molecular complexity index is 1100. The molecule has 8 nitrogen and oxygen atoms in total. The fourth-order valence-corrected chi connectivity index (χ4v) is 5.75. The average Bonchev–Trinajstić information content (AvgIpc) is 3.54. The maximum absolute atomic E-state index is 12.9. The van der Waals surface area contributed by atoms with Crippen LogP contribution in [0.2, 0.25) is 0 Å². The largest absolute Gasteiger partial charge is 0.416 e. The predicted octanol–water partition coefficient (Wildman–Crippen LogP) is 3.06. The molecular formula is C25H31F3N4O4S. The van der Waals surface area contributed by atoms with E-state index in [2.05, 4.69) is 15.6 Å². The molecule has 0 bridgehead atoms. The molecule has 12 heteroatoms. The van der Waals surface area contributed by atoms with Crippen molar-refractivity contribution in [1.82, 2.24) is 20.5 Å². The second kappa shape index (κ2) is 11.5. The smallest absolute Gasteiger partial charge is 0.384 e. The highest BCUT2D eigenvalue weighted by molar-refractivity contribution is 7.09. The summed E-state index contributed by atoms with van der Waals surface area (Å²) < 4.78 is 43.8. The van der Waals surface area contributed by atoms with Gasteiger partial charge in [-0.2, -0.15) is 13.2 Å². The Labute approximate surface area is 217 Å². The highest BCUT2D eigenvalue weighted by atomic mass is 32.1. The van der Waals surface area contributed by atoms with Gasteiger partial charge >= 0.3 is 6.18 Å². The van der Waals surface area contributed by atoms with Gasteiger partial charge < -0.3 is 25.4 Å². The molecule has 1 aliphatic carbocycles. The molecule has 1 aromatic carbocycles. The van der Waals surface area contributed by atoms with Gasteiger partial charge in [-0.3, -0.25) is 9.59 Å². The number of benzene rings is 1. The van der Waals surface area contributed by atoms with Gasteiger partial charge in [0.2, 0.25) is 5.91 Å². The molecule has 2 fully saturated rings. The quantitative estimate of drug-likeness (QED) is 0.476. The molecule has 3 N–H and O–H groups in total. The third kappa shape index (κ3) is 6.86. The number of aromatic nitrogens is 1. The molecule has 37 heavy (non-hydrogen) atoms. The zero-order chi connectivity index (χ0) is 26.6. The fourth-order valence-electron chi connectivity index (χ4n) is 4.90. The van der Waals surface area contributed by atoms with E-state index in [0.717, 1.165) is 42.5 Å². The molecule has 0 spiro atoms. The SMILES string of the molecule is COCc1nc(C2(O)CCC(N[C@H]3CCN(C(=O)CNC(=O)c4cccc(C(F)(F)F)c4)C3)CC2)cs1. The van der Waals surface area contributed by atoms with Gasteiger partial charge in [-0.25, -0.2) is 4.98 Å². The van der Waals surface area contributed by atoms with Crippen molar-refractivity contribution in [2.45, 2.75) is 62.6 Å². The van der Waals surface area contributed by atoms with Crippen molar-refractivity contribution in [3.63, 3.8) is 0 Å². The Kier molecular flexibility index (Phi) is 8.52. The molecule has 0 unspecified atom stereocenters. The minimum atomic E-state index is -4.55. The number of ether oxygens (including phenoxy) is 1. The fraction of sp³-hybridized carbons (Fsp3) is 0.560. The van der Waals surface area contributed by atoms with Crippen molar-refractivity contribution in [1.29, 1.82) is 0 Å². The molecule has 1 saturated carbocycles. The molecule has 0 radical (unpaired) electrons. The van der Waals surface area contributed by atoms with Crippen LogP contribution in [-0.4, -0.2) is 65.6 Å². The van der Waals surface area contributed by atoms with E-state index in [1.54, 1.807) is 12.0 Å². The first kappa shape index (κ1) is 27.5. The van der Waals surface area contributed by atoms with Gasteiger partial charge in [-0.1, -0.05) is 6.07 Å². The molecule has 1 saturated heterocycles. The summed E-state index contributed by atoms with van der Waals surface area (Å²) in [5.41, 5.74) is -1.29. The number of nitrogens with one attached hydrogen (secondary N) is 2. The summed E-state index contributed by atoms with van der Waals surface area (Å²) in [6, 6.07) is 4.43. The Morgan fingerprint density at radius 2 is 2.00 bits per heavy atom. The number of carbonyl (C=O) groups excluding carboxylic acids is 2. The lowest BCUT2D eigenvalue weighted by Gasteiger charge is -2.36. The van der Waals surface area contributed by atoms with E-state index in [-0.39, 0.29) is 30.1 Å². The lowest BCUT2D eigenvalue weighted by atomic mass is 9.80. The maximum atomic E-state index is 12.9. The van der Waals surface area contributed by atoms with Gasteiger partial charge in [-0.15, -0.1) is 11.3 Å². The van der Waals surface area contributed by atoms with Crippen LogP contribution in [0.15, 0.2) is 29.6 Å². The second-order valence-corrected chi connectivity index (χ2v) is 10.6. The maximum Gasteiger partial charge on any atom is 0.416 e. The van der Waals surface area contributed by atoms with Crippen LogP contribution in [-0.2, 0) is 27.9 Å². The molecule has 1 atom stereocenters. The van der Waals surface area contributed by atoms with Crippen LogP contribution in [0.5, 0.6) is 0 Å². The zero-order valence-electron chi connectivity index (χ0n) is 20.5. The van der Waals surface area contributed by atoms with Crippen molar-refractivity contribution in [3.8, 4) is 0 Å². The highest BCUT2D eigenvalue weighted by Gasteiger charge is 2.38. The van der Waals surface area contributed by atoms with Gasteiger partial charge in [0, 0.05) is 43.2 Å². The first-order valence-electron chi connectivity index (χ1n) is 12.2. The summed E-state index contributed by atoms with van der Waals surface area (Å²) in [5, 5.41) is 19.8. The lowest BCUT2D eigenvalue weighted by molar-refractivity contribution is -0.137. The van der Waals surface area contributed by atoms with Gasteiger partial charge in [0.1, 0.15) is 10.6 Å². The van der Waals surface area contributed by atoms with Gasteiger partial charge in [0.15, 0.2) is 0 Å². The number of hydrogen-bond donors (Lipinski definition) is 3. The monoisotopic (exact) mass is 540 g/mol. The number of amides is 2. The Hall–Kier alpha value is -2.54. The van der Waals surface area contributed by atoms with E-state index >= 15 is 0 Å². The summed E-state index contributed by atoms with van der Waals surface area (Å²) in [4.78, 5) is 31.0. The van der Waals surface area contributed by atoms with Crippen molar-refractivity contribution in [2.75, 3.05) is 26.7 Å². The topological polar surface area (TPSA) is 104 Å². The Balaban J connectivity index is 1.21. The number of thiazole rings is 1. The lowest BCUT2D eigenvalue weighted by Crippen LogP contribution is -2.46. The average molecular weight is 541 g/mol. The normalized spacial score (nSPS) is 24.3. The minimum absolute atomic E-state index is 0.104. The zero-order valence-corrected chi connectivity index (χ0v) is 21.3. The van der Waals surface area contributed by atoms with Crippen LogP contribution in [0.25, 0.3) is 0 Å². The number of carbonyl (C=O) groups is 2. The summed E-state index contributed by atoms with van der Waals surface area (Å²) in [6.45, 7) is 1.17. The van der Waals surface area contributed by atoms with Crippen LogP contribution in [0.1, 0.15) is 58.7 Å². The minimum Gasteiger partial charge on any atom is -0.384 e. The summed E-state index contributed by atoms with van der Waals surface area (Å²) in [7, 11) is 1.61. The van der Waals surface area contributed by atoms with E-state index in [1.807, 2.05) is 5.38 Å². The third-order valence-electron chi connectivity index (χ3n) is 6.97. The molecule has 4 rings (SSSR count). The molecule has 2 amide bonds. The number of likely N-dealkylation sites (tertiary alicyclic amines) is 1. The number of methoxy groups -OCH3 is 1. The van der Waals surface area contributed by atoms with E-state index in [1.165, 1.54) is 17.4 Å². The molecule has 2 aliphatic rings. The van der Waals surface area contributed by atoms with Crippen LogP contribution in [0.3, 0.4) is 0 Å².